The second kappa shape index (κ2) is 7.98. The van der Waals surface area contributed by atoms with E-state index < -0.39 is 0 Å². The number of hydrogen-bond acceptors (Lipinski definition) is 3. The highest BCUT2D eigenvalue weighted by Crippen LogP contribution is 2.23. The molecule has 0 N–H and O–H groups in total. The van der Waals surface area contributed by atoms with Crippen LogP contribution in [0.3, 0.4) is 0 Å². The third-order valence-electron chi connectivity index (χ3n) is 5.39. The Hall–Kier alpha value is -2.92. The van der Waals surface area contributed by atoms with Crippen molar-refractivity contribution < 1.29 is 4.79 Å². The number of aryl methyl sites for hydroxylation is 2. The highest BCUT2D eigenvalue weighted by molar-refractivity contribution is 5.76. The minimum atomic E-state index is -0.0313. The molecule has 1 saturated heterocycles. The van der Waals surface area contributed by atoms with Gasteiger partial charge in [0.05, 0.1) is 6.20 Å². The summed E-state index contributed by atoms with van der Waals surface area (Å²) in [5.41, 5.74) is 6.17. The number of amides is 1. The summed E-state index contributed by atoms with van der Waals surface area (Å²) in [6.45, 7) is 8.28. The van der Waals surface area contributed by atoms with Crippen LogP contribution in [0.1, 0.15) is 16.7 Å². The predicted octanol–water partition coefficient (Wildman–Crippen LogP) is 3.95. The van der Waals surface area contributed by atoms with Crippen LogP contribution < -0.4 is 0 Å². The van der Waals surface area contributed by atoms with E-state index in [-0.39, 0.29) is 6.03 Å². The van der Waals surface area contributed by atoms with Gasteiger partial charge in [-0.25, -0.2) is 4.79 Å². The number of hydrogen-bond donors (Lipinski definition) is 0. The van der Waals surface area contributed by atoms with Crippen LogP contribution in [-0.4, -0.2) is 51.8 Å². The van der Waals surface area contributed by atoms with Crippen LogP contribution in [0.5, 0.6) is 0 Å². The molecule has 5 heteroatoms. The molecule has 3 aromatic rings. The number of piperazine rings is 1. The second-order valence-electron chi connectivity index (χ2n) is 7.52. The third-order valence-corrected chi connectivity index (χ3v) is 5.39. The van der Waals surface area contributed by atoms with Gasteiger partial charge in [-0.15, -0.1) is 0 Å². The minimum Gasteiger partial charge on any atom is -0.320 e. The minimum absolute atomic E-state index is 0.0313. The summed E-state index contributed by atoms with van der Waals surface area (Å²) in [6.07, 6.45) is 3.50. The number of nitrogens with zero attached hydrogens (tertiary/aromatic N) is 4. The molecule has 28 heavy (non-hydrogen) atoms. The Balaban J connectivity index is 1.36. The molecule has 0 bridgehead atoms. The van der Waals surface area contributed by atoms with E-state index in [9.17, 15) is 4.79 Å². The standard InChI is InChI=1S/C23H26N4O/c1-18-15-24-27(16-18)23(28)26-12-10-25(11-13-26)17-22-9-8-21(14-19(22)2)20-6-4-3-5-7-20/h3-9,14-16H,10-13,17H2,1-2H3. The van der Waals surface area contributed by atoms with E-state index in [2.05, 4.69) is 59.4 Å². The summed E-state index contributed by atoms with van der Waals surface area (Å²) in [5, 5.41) is 4.13. The molecule has 0 spiro atoms. The molecule has 2 heterocycles. The molecule has 0 radical (unpaired) electrons. The van der Waals surface area contributed by atoms with Crippen molar-refractivity contribution in [1.29, 1.82) is 0 Å². The molecule has 144 valence electrons. The van der Waals surface area contributed by atoms with E-state index in [0.29, 0.717) is 0 Å². The summed E-state index contributed by atoms with van der Waals surface area (Å²) in [5.74, 6) is 0. The predicted molar refractivity (Wildman–Crippen MR) is 111 cm³/mol. The number of rotatable bonds is 3. The summed E-state index contributed by atoms with van der Waals surface area (Å²) in [4.78, 5) is 16.8. The van der Waals surface area contributed by atoms with Crippen molar-refractivity contribution in [3.05, 3.63) is 77.6 Å². The molecule has 2 aromatic carbocycles. The highest BCUT2D eigenvalue weighted by atomic mass is 16.2. The van der Waals surface area contributed by atoms with Gasteiger partial charge in [0.1, 0.15) is 0 Å². The third kappa shape index (κ3) is 3.99. The highest BCUT2D eigenvalue weighted by Gasteiger charge is 2.23. The normalized spacial score (nSPS) is 15.0. The summed E-state index contributed by atoms with van der Waals surface area (Å²) >= 11 is 0. The van der Waals surface area contributed by atoms with E-state index in [1.165, 1.54) is 26.9 Å². The van der Waals surface area contributed by atoms with Crippen molar-refractivity contribution in [2.24, 2.45) is 0 Å². The van der Waals surface area contributed by atoms with Crippen molar-refractivity contribution in [2.75, 3.05) is 26.2 Å². The average Bonchev–Trinajstić information content (AvgIpc) is 3.16. The Morgan fingerprint density at radius 1 is 0.964 bits per heavy atom. The van der Waals surface area contributed by atoms with Crippen molar-refractivity contribution >= 4 is 6.03 Å². The molecule has 4 rings (SSSR count). The topological polar surface area (TPSA) is 41.4 Å². The summed E-state index contributed by atoms with van der Waals surface area (Å²) < 4.78 is 1.44. The van der Waals surface area contributed by atoms with Gasteiger partial charge < -0.3 is 4.90 Å². The lowest BCUT2D eigenvalue weighted by Crippen LogP contribution is -2.49. The van der Waals surface area contributed by atoms with E-state index in [1.54, 1.807) is 12.4 Å². The quantitative estimate of drug-likeness (QED) is 0.697. The lowest BCUT2D eigenvalue weighted by Gasteiger charge is -2.34. The second-order valence-corrected chi connectivity index (χ2v) is 7.52. The van der Waals surface area contributed by atoms with Gasteiger partial charge in [-0.2, -0.15) is 9.78 Å². The van der Waals surface area contributed by atoms with Crippen LogP contribution in [0.15, 0.2) is 60.9 Å². The fraction of sp³-hybridized carbons (Fsp3) is 0.304. The van der Waals surface area contributed by atoms with Crippen LogP contribution >= 0.6 is 0 Å². The molecular formula is C23H26N4O. The van der Waals surface area contributed by atoms with Crippen molar-refractivity contribution in [2.45, 2.75) is 20.4 Å². The monoisotopic (exact) mass is 374 g/mol. The van der Waals surface area contributed by atoms with Gasteiger partial charge in [-0.3, -0.25) is 4.90 Å². The number of carbonyl (C=O) groups excluding carboxylic acids is 1. The zero-order valence-electron chi connectivity index (χ0n) is 16.5. The Labute approximate surface area is 166 Å². The molecule has 1 amide bonds. The maximum atomic E-state index is 12.5. The fourth-order valence-electron chi connectivity index (χ4n) is 3.68. The van der Waals surface area contributed by atoms with E-state index in [0.717, 1.165) is 38.3 Å². The molecule has 0 aliphatic carbocycles. The van der Waals surface area contributed by atoms with E-state index in [1.807, 2.05) is 17.9 Å². The summed E-state index contributed by atoms with van der Waals surface area (Å²) in [6, 6.07) is 17.2. The maximum Gasteiger partial charge on any atom is 0.344 e. The van der Waals surface area contributed by atoms with Crippen LogP contribution in [0.25, 0.3) is 11.1 Å². The van der Waals surface area contributed by atoms with Crippen LogP contribution in [0.4, 0.5) is 4.79 Å². The maximum absolute atomic E-state index is 12.5. The SMILES string of the molecule is Cc1cnn(C(=O)N2CCN(Cc3ccc(-c4ccccc4)cc3C)CC2)c1. The molecule has 0 saturated carbocycles. The Morgan fingerprint density at radius 3 is 2.36 bits per heavy atom. The zero-order valence-corrected chi connectivity index (χ0v) is 16.5. The first-order valence-corrected chi connectivity index (χ1v) is 9.78. The van der Waals surface area contributed by atoms with Gasteiger partial charge >= 0.3 is 6.03 Å². The van der Waals surface area contributed by atoms with Gasteiger partial charge in [0, 0.05) is 38.9 Å². The van der Waals surface area contributed by atoms with Gasteiger partial charge in [0.2, 0.25) is 0 Å². The van der Waals surface area contributed by atoms with Crippen LogP contribution in [0, 0.1) is 13.8 Å². The lowest BCUT2D eigenvalue weighted by atomic mass is 9.99. The molecular weight excluding hydrogens is 348 g/mol. The molecule has 1 fully saturated rings. The molecule has 0 unspecified atom stereocenters. The average molecular weight is 374 g/mol. The van der Waals surface area contributed by atoms with Crippen LogP contribution in [-0.2, 0) is 6.54 Å². The largest absolute Gasteiger partial charge is 0.344 e. The Kier molecular flexibility index (Phi) is 5.26. The molecule has 1 aliphatic heterocycles. The van der Waals surface area contributed by atoms with Crippen molar-refractivity contribution in [1.82, 2.24) is 19.6 Å². The first-order valence-electron chi connectivity index (χ1n) is 9.78. The lowest BCUT2D eigenvalue weighted by molar-refractivity contribution is 0.134. The number of benzene rings is 2. The molecule has 1 aliphatic rings. The van der Waals surface area contributed by atoms with E-state index in [4.69, 9.17) is 0 Å². The summed E-state index contributed by atoms with van der Waals surface area (Å²) in [7, 11) is 0. The van der Waals surface area contributed by atoms with Crippen molar-refractivity contribution in [3.63, 3.8) is 0 Å². The molecule has 0 atom stereocenters. The van der Waals surface area contributed by atoms with Crippen molar-refractivity contribution in [3.8, 4) is 11.1 Å². The molecule has 5 nitrogen and oxygen atoms in total. The van der Waals surface area contributed by atoms with Gasteiger partial charge in [-0.1, -0.05) is 48.5 Å². The number of aromatic nitrogens is 2. The fourth-order valence-corrected chi connectivity index (χ4v) is 3.68. The first kappa shape index (κ1) is 18.4. The smallest absolute Gasteiger partial charge is 0.320 e. The van der Waals surface area contributed by atoms with Gasteiger partial charge in [-0.05, 0) is 41.7 Å². The Bertz CT molecular complexity index is 956. The number of carbonyl (C=O) groups is 1. The molecule has 1 aromatic heterocycles. The first-order chi connectivity index (χ1) is 13.6. The van der Waals surface area contributed by atoms with Crippen LogP contribution in [0.2, 0.25) is 0 Å². The Morgan fingerprint density at radius 2 is 1.71 bits per heavy atom. The van der Waals surface area contributed by atoms with E-state index >= 15 is 0 Å². The van der Waals surface area contributed by atoms with Gasteiger partial charge in [0.15, 0.2) is 0 Å². The van der Waals surface area contributed by atoms with Gasteiger partial charge in [0.25, 0.3) is 0 Å². The zero-order chi connectivity index (χ0) is 19.5.